The minimum Gasteiger partial charge on any atom is -0.496 e. The second-order valence-electron chi connectivity index (χ2n) is 4.32. The molecule has 1 atom stereocenters. The summed E-state index contributed by atoms with van der Waals surface area (Å²) >= 11 is 0. The standard InChI is InChI=1S/C14H22N2O3/c1-4-16(5-2)11-7-6-10(13(9-11)19-3)8-12(15)14(17)18/h6-7,9,12H,4-5,8,15H2,1-3H3,(H,17,18). The monoisotopic (exact) mass is 266 g/mol. The molecule has 5 nitrogen and oxygen atoms in total. The third-order valence-corrected chi connectivity index (χ3v) is 3.16. The molecule has 106 valence electrons. The smallest absolute Gasteiger partial charge is 0.320 e. The summed E-state index contributed by atoms with van der Waals surface area (Å²) in [6.07, 6.45) is 0.261. The predicted molar refractivity (Wildman–Crippen MR) is 75.9 cm³/mol. The van der Waals surface area contributed by atoms with Crippen molar-refractivity contribution in [2.45, 2.75) is 26.3 Å². The second kappa shape index (κ2) is 6.99. The Morgan fingerprint density at radius 1 is 1.42 bits per heavy atom. The van der Waals surface area contributed by atoms with Gasteiger partial charge in [-0.1, -0.05) is 6.07 Å². The van der Waals surface area contributed by atoms with Crippen LogP contribution in [0.3, 0.4) is 0 Å². The fourth-order valence-electron chi connectivity index (χ4n) is 2.01. The van der Waals surface area contributed by atoms with Crippen LogP contribution in [-0.4, -0.2) is 37.3 Å². The minimum absolute atomic E-state index is 0.261. The van der Waals surface area contributed by atoms with Gasteiger partial charge in [-0.2, -0.15) is 0 Å². The predicted octanol–water partition coefficient (Wildman–Crippen LogP) is 1.50. The Morgan fingerprint density at radius 2 is 2.05 bits per heavy atom. The van der Waals surface area contributed by atoms with Crippen LogP contribution in [-0.2, 0) is 11.2 Å². The van der Waals surface area contributed by atoms with Gasteiger partial charge in [-0.05, 0) is 25.5 Å². The van der Waals surface area contributed by atoms with Crippen molar-refractivity contribution in [1.29, 1.82) is 0 Å². The molecule has 1 unspecified atom stereocenters. The number of rotatable bonds is 7. The summed E-state index contributed by atoms with van der Waals surface area (Å²) in [6, 6.07) is 4.87. The SMILES string of the molecule is CCN(CC)c1ccc(CC(N)C(=O)O)c(OC)c1. The van der Waals surface area contributed by atoms with Crippen molar-refractivity contribution in [3.05, 3.63) is 23.8 Å². The maximum atomic E-state index is 10.8. The molecule has 3 N–H and O–H groups in total. The molecule has 0 saturated heterocycles. The summed E-state index contributed by atoms with van der Waals surface area (Å²) in [5, 5.41) is 8.85. The molecule has 0 amide bonds. The third-order valence-electron chi connectivity index (χ3n) is 3.16. The van der Waals surface area contributed by atoms with E-state index in [-0.39, 0.29) is 6.42 Å². The number of aliphatic carboxylic acids is 1. The molecule has 0 saturated carbocycles. The van der Waals surface area contributed by atoms with E-state index in [1.807, 2.05) is 18.2 Å². The van der Waals surface area contributed by atoms with E-state index in [1.54, 1.807) is 7.11 Å². The third kappa shape index (κ3) is 3.86. The number of hydrogen-bond acceptors (Lipinski definition) is 4. The first-order valence-corrected chi connectivity index (χ1v) is 6.43. The molecule has 0 aromatic heterocycles. The fourth-order valence-corrected chi connectivity index (χ4v) is 2.01. The first-order chi connectivity index (χ1) is 9.03. The molecule has 19 heavy (non-hydrogen) atoms. The van der Waals surface area contributed by atoms with E-state index >= 15 is 0 Å². The van der Waals surface area contributed by atoms with Crippen LogP contribution in [0.2, 0.25) is 0 Å². The molecule has 0 spiro atoms. The lowest BCUT2D eigenvalue weighted by Gasteiger charge is -2.22. The maximum Gasteiger partial charge on any atom is 0.320 e. The highest BCUT2D eigenvalue weighted by atomic mass is 16.5. The number of carboxylic acids is 1. The molecule has 0 fully saturated rings. The van der Waals surface area contributed by atoms with Crippen molar-refractivity contribution >= 4 is 11.7 Å². The number of nitrogens with two attached hydrogens (primary N) is 1. The summed E-state index contributed by atoms with van der Waals surface area (Å²) in [5.41, 5.74) is 7.43. The van der Waals surface area contributed by atoms with Crippen molar-refractivity contribution in [3.63, 3.8) is 0 Å². The topological polar surface area (TPSA) is 75.8 Å². The van der Waals surface area contributed by atoms with Gasteiger partial charge in [0.2, 0.25) is 0 Å². The van der Waals surface area contributed by atoms with Crippen LogP contribution in [0.4, 0.5) is 5.69 Å². The van der Waals surface area contributed by atoms with E-state index in [2.05, 4.69) is 18.7 Å². The number of benzene rings is 1. The summed E-state index contributed by atoms with van der Waals surface area (Å²) in [6.45, 7) is 6.00. The number of nitrogens with zero attached hydrogens (tertiary/aromatic N) is 1. The lowest BCUT2D eigenvalue weighted by atomic mass is 10.0. The zero-order valence-corrected chi connectivity index (χ0v) is 11.7. The molecule has 0 aliphatic rings. The summed E-state index contributed by atoms with van der Waals surface area (Å²) in [7, 11) is 1.58. The minimum atomic E-state index is -1.00. The number of anilines is 1. The van der Waals surface area contributed by atoms with Gasteiger partial charge in [0, 0.05) is 31.3 Å². The number of carbonyl (C=O) groups is 1. The van der Waals surface area contributed by atoms with Crippen LogP contribution in [0.1, 0.15) is 19.4 Å². The second-order valence-corrected chi connectivity index (χ2v) is 4.32. The van der Waals surface area contributed by atoms with Crippen molar-refractivity contribution in [2.75, 3.05) is 25.1 Å². The van der Waals surface area contributed by atoms with E-state index in [4.69, 9.17) is 15.6 Å². The summed E-state index contributed by atoms with van der Waals surface area (Å²) < 4.78 is 5.33. The van der Waals surface area contributed by atoms with Gasteiger partial charge in [0.25, 0.3) is 0 Å². The Morgan fingerprint density at radius 3 is 2.53 bits per heavy atom. The molecular formula is C14H22N2O3. The van der Waals surface area contributed by atoms with Gasteiger partial charge in [0.15, 0.2) is 0 Å². The first kappa shape index (κ1) is 15.3. The van der Waals surface area contributed by atoms with Gasteiger partial charge in [0.1, 0.15) is 11.8 Å². The van der Waals surface area contributed by atoms with Gasteiger partial charge in [-0.15, -0.1) is 0 Å². The average Bonchev–Trinajstić information content (AvgIpc) is 2.41. The highest BCUT2D eigenvalue weighted by Gasteiger charge is 2.16. The number of ether oxygens (including phenoxy) is 1. The Kier molecular flexibility index (Phi) is 5.63. The normalized spacial score (nSPS) is 12.0. The Hall–Kier alpha value is -1.75. The van der Waals surface area contributed by atoms with Gasteiger partial charge in [-0.3, -0.25) is 4.79 Å². The van der Waals surface area contributed by atoms with E-state index in [1.165, 1.54) is 0 Å². The highest BCUT2D eigenvalue weighted by molar-refractivity contribution is 5.73. The van der Waals surface area contributed by atoms with Gasteiger partial charge in [0.05, 0.1) is 7.11 Å². The summed E-state index contributed by atoms with van der Waals surface area (Å²) in [4.78, 5) is 13.0. The van der Waals surface area contributed by atoms with Gasteiger partial charge < -0.3 is 20.5 Å². The number of carboxylic acid groups (broad SMARTS) is 1. The van der Waals surface area contributed by atoms with Crippen molar-refractivity contribution in [2.24, 2.45) is 5.73 Å². The summed E-state index contributed by atoms with van der Waals surface area (Å²) in [5.74, 6) is -0.323. The zero-order chi connectivity index (χ0) is 14.4. The Bertz CT molecular complexity index is 431. The molecule has 0 radical (unpaired) electrons. The molecule has 1 aromatic rings. The molecule has 0 heterocycles. The van der Waals surface area contributed by atoms with E-state index in [0.29, 0.717) is 5.75 Å². The van der Waals surface area contributed by atoms with Gasteiger partial charge in [-0.25, -0.2) is 0 Å². The van der Waals surface area contributed by atoms with Crippen molar-refractivity contribution < 1.29 is 14.6 Å². The van der Waals surface area contributed by atoms with Crippen LogP contribution >= 0.6 is 0 Å². The molecule has 1 aromatic carbocycles. The van der Waals surface area contributed by atoms with E-state index in [0.717, 1.165) is 24.3 Å². The lowest BCUT2D eigenvalue weighted by molar-refractivity contribution is -0.138. The van der Waals surface area contributed by atoms with Crippen molar-refractivity contribution in [1.82, 2.24) is 0 Å². The highest BCUT2D eigenvalue weighted by Crippen LogP contribution is 2.26. The largest absolute Gasteiger partial charge is 0.496 e. The van der Waals surface area contributed by atoms with E-state index < -0.39 is 12.0 Å². The molecule has 1 rings (SSSR count). The molecule has 5 heteroatoms. The molecule has 0 bridgehead atoms. The Labute approximate surface area is 114 Å². The molecular weight excluding hydrogens is 244 g/mol. The number of hydrogen-bond donors (Lipinski definition) is 2. The van der Waals surface area contributed by atoms with Crippen LogP contribution in [0.5, 0.6) is 5.75 Å². The van der Waals surface area contributed by atoms with Crippen LogP contribution in [0.25, 0.3) is 0 Å². The van der Waals surface area contributed by atoms with Gasteiger partial charge >= 0.3 is 5.97 Å². The van der Waals surface area contributed by atoms with Crippen LogP contribution in [0, 0.1) is 0 Å². The zero-order valence-electron chi connectivity index (χ0n) is 11.7. The lowest BCUT2D eigenvalue weighted by Crippen LogP contribution is -2.32. The molecule has 0 aliphatic carbocycles. The van der Waals surface area contributed by atoms with Crippen LogP contribution in [0.15, 0.2) is 18.2 Å². The average molecular weight is 266 g/mol. The van der Waals surface area contributed by atoms with Crippen LogP contribution < -0.4 is 15.4 Å². The fraction of sp³-hybridized carbons (Fsp3) is 0.500. The quantitative estimate of drug-likeness (QED) is 0.782. The van der Waals surface area contributed by atoms with E-state index in [9.17, 15) is 4.79 Å². The maximum absolute atomic E-state index is 10.8. The molecule has 0 aliphatic heterocycles. The van der Waals surface area contributed by atoms with Crippen molar-refractivity contribution in [3.8, 4) is 5.75 Å². The number of methoxy groups -OCH3 is 1. The first-order valence-electron chi connectivity index (χ1n) is 6.43. The Balaban J connectivity index is 2.99.